The molecule has 0 saturated carbocycles. The quantitative estimate of drug-likeness (QED) is 0.801. The lowest BCUT2D eigenvalue weighted by atomic mass is 10.3. The van der Waals surface area contributed by atoms with Gasteiger partial charge in [0.05, 0.1) is 5.69 Å². The Morgan fingerprint density at radius 1 is 1.33 bits per heavy atom. The molecule has 2 rings (SSSR count). The van der Waals surface area contributed by atoms with Crippen LogP contribution in [0.2, 0.25) is 0 Å². The van der Waals surface area contributed by atoms with E-state index in [0.29, 0.717) is 15.9 Å². The Labute approximate surface area is 114 Å². The summed E-state index contributed by atoms with van der Waals surface area (Å²) in [5.41, 5.74) is 6.59. The average Bonchev–Trinajstić information content (AvgIpc) is 2.81. The lowest BCUT2D eigenvalue weighted by Crippen LogP contribution is -2.12. The van der Waals surface area contributed by atoms with Crippen LogP contribution in [-0.4, -0.2) is 13.4 Å². The first-order chi connectivity index (χ1) is 8.53. The van der Waals surface area contributed by atoms with Gasteiger partial charge in [0.25, 0.3) is 10.0 Å². The van der Waals surface area contributed by atoms with Gasteiger partial charge in [0.15, 0.2) is 0 Å². The lowest BCUT2D eigenvalue weighted by molar-refractivity contribution is 0.601. The predicted octanol–water partition coefficient (Wildman–Crippen LogP) is 2.04. The van der Waals surface area contributed by atoms with E-state index in [4.69, 9.17) is 5.73 Å². The van der Waals surface area contributed by atoms with Gasteiger partial charge in [-0.1, -0.05) is 12.1 Å². The number of H-pyrrole nitrogens is 1. The minimum absolute atomic E-state index is 0.165. The molecule has 0 aliphatic carbocycles. The molecule has 7 heteroatoms. The van der Waals surface area contributed by atoms with Crippen molar-refractivity contribution >= 4 is 31.6 Å². The number of aromatic amines is 1. The third-order valence-electron chi connectivity index (χ3n) is 2.36. The van der Waals surface area contributed by atoms with E-state index in [1.807, 2.05) is 6.07 Å². The number of sulfonamides is 1. The Kier molecular flexibility index (Phi) is 3.74. The van der Waals surface area contributed by atoms with Crippen molar-refractivity contribution in [2.45, 2.75) is 11.4 Å². The maximum Gasteiger partial charge on any atom is 0.263 e. The first kappa shape index (κ1) is 13.1. The fourth-order valence-electron chi connectivity index (χ4n) is 1.44. The van der Waals surface area contributed by atoms with E-state index in [-0.39, 0.29) is 11.4 Å². The smallest absolute Gasteiger partial charge is 0.263 e. The molecular formula is C11H12BrN3O2S. The van der Waals surface area contributed by atoms with Crippen LogP contribution in [0.3, 0.4) is 0 Å². The fourth-order valence-corrected chi connectivity index (χ4v) is 3.05. The molecule has 1 aromatic carbocycles. The molecule has 0 saturated heterocycles. The van der Waals surface area contributed by atoms with Crippen molar-refractivity contribution in [3.63, 3.8) is 0 Å². The highest BCUT2D eigenvalue weighted by molar-refractivity contribution is 9.10. The number of hydrogen-bond acceptors (Lipinski definition) is 3. The molecule has 2 aromatic rings. The van der Waals surface area contributed by atoms with Crippen LogP contribution in [0, 0.1) is 0 Å². The van der Waals surface area contributed by atoms with Crippen LogP contribution in [0.25, 0.3) is 0 Å². The van der Waals surface area contributed by atoms with E-state index < -0.39 is 10.0 Å². The van der Waals surface area contributed by atoms with Crippen molar-refractivity contribution in [3.8, 4) is 0 Å². The number of nitrogens with one attached hydrogen (secondary N) is 2. The third-order valence-corrected chi connectivity index (χ3v) is 4.40. The summed E-state index contributed by atoms with van der Waals surface area (Å²) in [6.07, 6.45) is 1.42. The predicted molar refractivity (Wildman–Crippen MR) is 73.6 cm³/mol. The van der Waals surface area contributed by atoms with Crippen LogP contribution in [0.1, 0.15) is 5.69 Å². The van der Waals surface area contributed by atoms with Gasteiger partial charge in [-0.25, -0.2) is 8.42 Å². The van der Waals surface area contributed by atoms with E-state index in [1.54, 1.807) is 18.2 Å². The second kappa shape index (κ2) is 5.13. The number of rotatable bonds is 4. The molecule has 0 spiro atoms. The van der Waals surface area contributed by atoms with E-state index >= 15 is 0 Å². The van der Waals surface area contributed by atoms with Gasteiger partial charge in [-0.2, -0.15) is 0 Å². The molecule has 1 heterocycles. The molecule has 0 aliphatic rings. The number of nitrogens with two attached hydrogens (primary N) is 1. The highest BCUT2D eigenvalue weighted by Crippen LogP contribution is 2.24. The normalized spacial score (nSPS) is 11.4. The second-order valence-corrected chi connectivity index (χ2v) is 6.19. The fraction of sp³-hybridized carbons (Fsp3) is 0.0909. The largest absolute Gasteiger partial charge is 0.363 e. The zero-order chi connectivity index (χ0) is 13.2. The molecule has 0 radical (unpaired) electrons. The Bertz CT molecular complexity index is 652. The van der Waals surface area contributed by atoms with Crippen LogP contribution in [-0.2, 0) is 16.6 Å². The number of aromatic nitrogens is 1. The summed E-state index contributed by atoms with van der Waals surface area (Å²) in [7, 11) is -3.59. The van der Waals surface area contributed by atoms with Crippen molar-refractivity contribution in [2.75, 3.05) is 4.72 Å². The van der Waals surface area contributed by atoms with Crippen molar-refractivity contribution in [2.24, 2.45) is 5.73 Å². The van der Waals surface area contributed by atoms with Crippen molar-refractivity contribution < 1.29 is 8.42 Å². The molecule has 1 aromatic heterocycles. The summed E-state index contributed by atoms with van der Waals surface area (Å²) in [5.74, 6) is 0. The maximum atomic E-state index is 12.1. The highest BCUT2D eigenvalue weighted by atomic mass is 79.9. The summed E-state index contributed by atoms with van der Waals surface area (Å²) in [6.45, 7) is 0.268. The molecule has 0 aliphatic heterocycles. The Morgan fingerprint density at radius 3 is 2.67 bits per heavy atom. The van der Waals surface area contributed by atoms with Crippen LogP contribution in [0.4, 0.5) is 5.69 Å². The van der Waals surface area contributed by atoms with Gasteiger partial charge in [-0.15, -0.1) is 0 Å². The number of benzene rings is 1. The highest BCUT2D eigenvalue weighted by Gasteiger charge is 2.16. The van der Waals surface area contributed by atoms with Crippen LogP contribution < -0.4 is 10.5 Å². The first-order valence-electron chi connectivity index (χ1n) is 5.17. The summed E-state index contributed by atoms with van der Waals surface area (Å²) in [4.78, 5) is 2.97. The van der Waals surface area contributed by atoms with Crippen molar-refractivity contribution in [1.82, 2.24) is 4.98 Å². The van der Waals surface area contributed by atoms with E-state index in [0.717, 1.165) is 0 Å². The molecule has 0 fully saturated rings. The van der Waals surface area contributed by atoms with Gasteiger partial charge >= 0.3 is 0 Å². The van der Waals surface area contributed by atoms with Crippen LogP contribution in [0.5, 0.6) is 0 Å². The average molecular weight is 330 g/mol. The minimum Gasteiger partial charge on any atom is -0.363 e. The van der Waals surface area contributed by atoms with Gasteiger partial charge in [0, 0.05) is 22.9 Å². The van der Waals surface area contributed by atoms with E-state index in [9.17, 15) is 8.42 Å². The zero-order valence-corrected chi connectivity index (χ0v) is 11.8. The minimum atomic E-state index is -3.59. The first-order valence-corrected chi connectivity index (χ1v) is 7.45. The molecule has 18 heavy (non-hydrogen) atoms. The van der Waals surface area contributed by atoms with Gasteiger partial charge in [-0.05, 0) is 34.1 Å². The van der Waals surface area contributed by atoms with Gasteiger partial charge < -0.3 is 10.7 Å². The molecular weight excluding hydrogens is 318 g/mol. The standard InChI is InChI=1S/C11H12BrN3O2S/c12-10-3-1-2-4-11(10)15-18(16,17)9-5-8(6-13)14-7-9/h1-5,7,14-15H,6,13H2. The molecule has 0 unspecified atom stereocenters. The summed E-state index contributed by atoms with van der Waals surface area (Å²) in [6, 6.07) is 8.52. The number of anilines is 1. The van der Waals surface area contributed by atoms with Gasteiger partial charge in [-0.3, -0.25) is 4.72 Å². The Balaban J connectivity index is 2.30. The van der Waals surface area contributed by atoms with Crippen molar-refractivity contribution in [1.29, 1.82) is 0 Å². The molecule has 0 amide bonds. The number of para-hydroxylation sites is 1. The van der Waals surface area contributed by atoms with Crippen LogP contribution in [0.15, 0.2) is 45.9 Å². The molecule has 0 atom stereocenters. The van der Waals surface area contributed by atoms with Gasteiger partial charge in [0.2, 0.25) is 0 Å². The third kappa shape index (κ3) is 2.74. The molecule has 5 nitrogen and oxygen atoms in total. The Morgan fingerprint density at radius 2 is 2.06 bits per heavy atom. The second-order valence-electron chi connectivity index (χ2n) is 3.65. The van der Waals surface area contributed by atoms with E-state index in [2.05, 4.69) is 25.6 Å². The van der Waals surface area contributed by atoms with Gasteiger partial charge in [0.1, 0.15) is 4.90 Å². The molecule has 4 N–H and O–H groups in total. The maximum absolute atomic E-state index is 12.1. The van der Waals surface area contributed by atoms with E-state index in [1.165, 1.54) is 12.3 Å². The lowest BCUT2D eigenvalue weighted by Gasteiger charge is -2.07. The Hall–Kier alpha value is -1.31. The number of hydrogen-bond donors (Lipinski definition) is 3. The zero-order valence-electron chi connectivity index (χ0n) is 9.35. The SMILES string of the molecule is NCc1cc(S(=O)(=O)Nc2ccccc2Br)c[nH]1. The molecule has 0 bridgehead atoms. The molecule has 96 valence electrons. The van der Waals surface area contributed by atoms with Crippen LogP contribution >= 0.6 is 15.9 Å². The number of halogens is 1. The summed E-state index contributed by atoms with van der Waals surface area (Å²) >= 11 is 3.29. The monoisotopic (exact) mass is 329 g/mol. The van der Waals surface area contributed by atoms with Crippen molar-refractivity contribution in [3.05, 3.63) is 46.7 Å². The summed E-state index contributed by atoms with van der Waals surface area (Å²) in [5, 5.41) is 0. The summed E-state index contributed by atoms with van der Waals surface area (Å²) < 4.78 is 27.4. The topological polar surface area (TPSA) is 88.0 Å².